The van der Waals surface area contributed by atoms with Crippen LogP contribution in [0.3, 0.4) is 0 Å². The van der Waals surface area contributed by atoms with Gasteiger partial charge in [-0.15, -0.1) is 0 Å². The van der Waals surface area contributed by atoms with Crippen LogP contribution in [0.15, 0.2) is 48.5 Å². The van der Waals surface area contributed by atoms with E-state index >= 15 is 0 Å². The Labute approximate surface area is 244 Å². The Morgan fingerprint density at radius 2 is 1.71 bits per heavy atom. The number of halogens is 1. The number of hydrogen-bond donors (Lipinski definition) is 1. The average molecular weight is 568 g/mol. The summed E-state index contributed by atoms with van der Waals surface area (Å²) < 4.78 is 19.0. The molecule has 1 heterocycles. The van der Waals surface area contributed by atoms with Crippen LogP contribution in [0.5, 0.6) is 0 Å². The van der Waals surface area contributed by atoms with E-state index in [-0.39, 0.29) is 29.9 Å². The molecule has 1 N–H and O–H groups in total. The molecule has 2 amide bonds. The molecule has 0 spiro atoms. The number of piperidine rings is 1. The van der Waals surface area contributed by atoms with Gasteiger partial charge in [0.15, 0.2) is 0 Å². The average Bonchev–Trinajstić information content (AvgIpc) is 2.94. The van der Waals surface area contributed by atoms with Gasteiger partial charge in [-0.25, -0.2) is 9.18 Å². The van der Waals surface area contributed by atoms with Crippen molar-refractivity contribution in [2.45, 2.75) is 103 Å². The Bertz CT molecular complexity index is 1160. The molecule has 1 saturated carbocycles. The van der Waals surface area contributed by atoms with Crippen molar-refractivity contribution in [3.05, 3.63) is 65.5 Å². The molecule has 7 nitrogen and oxygen atoms in total. The van der Waals surface area contributed by atoms with E-state index in [2.05, 4.69) is 5.32 Å². The minimum atomic E-state index is -0.498. The molecule has 2 atom stereocenters. The Balaban J connectivity index is 0.000000263. The van der Waals surface area contributed by atoms with Gasteiger partial charge in [0.05, 0.1) is 6.04 Å². The predicted octanol–water partition coefficient (Wildman–Crippen LogP) is 6.74. The fourth-order valence-corrected chi connectivity index (χ4v) is 5.44. The number of amides is 2. The second-order valence-corrected chi connectivity index (χ2v) is 12.1. The monoisotopic (exact) mass is 567 g/mol. The molecule has 2 aromatic carbocycles. The van der Waals surface area contributed by atoms with Crippen molar-refractivity contribution in [2.75, 3.05) is 18.5 Å². The fourth-order valence-electron chi connectivity index (χ4n) is 5.44. The number of rotatable bonds is 6. The van der Waals surface area contributed by atoms with Crippen LogP contribution in [0.25, 0.3) is 0 Å². The third-order valence-corrected chi connectivity index (χ3v) is 7.62. The number of carbonyl (C=O) groups is 3. The van der Waals surface area contributed by atoms with Gasteiger partial charge in [-0.05, 0) is 89.1 Å². The van der Waals surface area contributed by atoms with Crippen molar-refractivity contribution in [2.24, 2.45) is 0 Å². The predicted molar refractivity (Wildman–Crippen MR) is 160 cm³/mol. The summed E-state index contributed by atoms with van der Waals surface area (Å²) in [5, 5.41) is 3.24. The molecule has 0 bridgehead atoms. The number of anilines is 1. The molecular formula is C33H46FN3O4. The number of benzene rings is 2. The molecule has 2 unspecified atom stereocenters. The third kappa shape index (κ3) is 9.58. The Morgan fingerprint density at radius 3 is 2.34 bits per heavy atom. The van der Waals surface area contributed by atoms with E-state index in [1.54, 1.807) is 6.07 Å². The number of carbonyl (C=O) groups excluding carboxylic acids is 3. The third-order valence-electron chi connectivity index (χ3n) is 7.62. The van der Waals surface area contributed by atoms with Crippen molar-refractivity contribution < 1.29 is 23.5 Å². The molecule has 1 aliphatic carbocycles. The van der Waals surface area contributed by atoms with Crippen molar-refractivity contribution in [1.29, 1.82) is 0 Å². The summed E-state index contributed by atoms with van der Waals surface area (Å²) in [6, 6.07) is 13.8. The van der Waals surface area contributed by atoms with E-state index in [1.165, 1.54) is 36.3 Å². The number of aldehydes is 1. The summed E-state index contributed by atoms with van der Waals surface area (Å²) in [6.07, 6.45) is 8.82. The maximum Gasteiger partial charge on any atom is 0.410 e. The first-order chi connectivity index (χ1) is 19.5. The number of nitrogens with one attached hydrogen (secondary N) is 1. The lowest BCUT2D eigenvalue weighted by molar-refractivity contribution is -0.123. The van der Waals surface area contributed by atoms with E-state index in [0.29, 0.717) is 12.2 Å². The highest BCUT2D eigenvalue weighted by atomic mass is 19.1. The Kier molecular flexibility index (Phi) is 11.7. The molecular weight excluding hydrogens is 521 g/mol. The number of hydrogen-bond acceptors (Lipinski definition) is 5. The molecule has 1 aliphatic heterocycles. The number of aryl methyl sites for hydroxylation is 1. The largest absolute Gasteiger partial charge is 0.444 e. The van der Waals surface area contributed by atoms with E-state index in [1.807, 2.05) is 70.0 Å². The van der Waals surface area contributed by atoms with E-state index in [0.717, 1.165) is 49.5 Å². The maximum atomic E-state index is 13.7. The summed E-state index contributed by atoms with van der Waals surface area (Å²) in [4.78, 5) is 39.1. The van der Waals surface area contributed by atoms with Gasteiger partial charge < -0.3 is 19.7 Å². The first kappa shape index (κ1) is 32.1. The van der Waals surface area contributed by atoms with Crippen LogP contribution < -0.4 is 10.2 Å². The van der Waals surface area contributed by atoms with Gasteiger partial charge in [0.25, 0.3) is 0 Å². The highest BCUT2D eigenvalue weighted by Gasteiger charge is 2.31. The topological polar surface area (TPSA) is 78.9 Å². The van der Waals surface area contributed by atoms with Crippen molar-refractivity contribution in [1.82, 2.24) is 10.2 Å². The van der Waals surface area contributed by atoms with Crippen LogP contribution >= 0.6 is 0 Å². The first-order valence-electron chi connectivity index (χ1n) is 14.8. The molecule has 1 saturated heterocycles. The minimum Gasteiger partial charge on any atom is -0.444 e. The standard InChI is InChI=1S/C22H27FN2O.C11H19NO3/c1-16-9-6-7-14-20(16)21(22(26)24-18-11-4-3-5-12-18)25(2)19-13-8-10-17(23)15-19;1-11(2,3)15-10(14)12-7-5-4-6-9(12)8-13/h6-10,13-15,18,21H,3-5,11-12H2,1-2H3,(H,24,26);8-9H,4-7H2,1-3H3. The van der Waals surface area contributed by atoms with E-state index < -0.39 is 11.6 Å². The smallest absolute Gasteiger partial charge is 0.410 e. The highest BCUT2D eigenvalue weighted by Crippen LogP contribution is 2.29. The molecule has 2 aliphatic rings. The van der Waals surface area contributed by atoms with Crippen molar-refractivity contribution in [3.8, 4) is 0 Å². The van der Waals surface area contributed by atoms with Crippen molar-refractivity contribution >= 4 is 24.0 Å². The number of likely N-dealkylation sites (tertiary alicyclic amines) is 1. The molecule has 8 heteroatoms. The maximum absolute atomic E-state index is 13.7. The van der Waals surface area contributed by atoms with Crippen LogP contribution in [0.2, 0.25) is 0 Å². The van der Waals surface area contributed by atoms with Gasteiger partial charge in [0, 0.05) is 25.3 Å². The number of nitrogens with zero attached hydrogens (tertiary/aromatic N) is 2. The highest BCUT2D eigenvalue weighted by molar-refractivity contribution is 5.87. The summed E-state index contributed by atoms with van der Waals surface area (Å²) in [6.45, 7) is 8.11. The normalized spacial score (nSPS) is 18.4. The lowest BCUT2D eigenvalue weighted by atomic mass is 9.94. The van der Waals surface area contributed by atoms with Gasteiger partial charge in [0.1, 0.15) is 23.7 Å². The van der Waals surface area contributed by atoms with Crippen LogP contribution in [0.4, 0.5) is 14.9 Å². The fraction of sp³-hybridized carbons (Fsp3) is 0.545. The Hall–Kier alpha value is -3.42. The van der Waals surface area contributed by atoms with Gasteiger partial charge >= 0.3 is 6.09 Å². The second kappa shape index (κ2) is 15.0. The van der Waals surface area contributed by atoms with Crippen LogP contribution in [-0.4, -0.2) is 54.5 Å². The zero-order chi connectivity index (χ0) is 30.0. The zero-order valence-electron chi connectivity index (χ0n) is 25.2. The molecule has 4 rings (SSSR count). The molecule has 0 radical (unpaired) electrons. The zero-order valence-corrected chi connectivity index (χ0v) is 25.2. The quantitative estimate of drug-likeness (QED) is 0.392. The summed E-state index contributed by atoms with van der Waals surface area (Å²) >= 11 is 0. The molecule has 0 aromatic heterocycles. The van der Waals surface area contributed by atoms with Gasteiger partial charge in [-0.2, -0.15) is 0 Å². The van der Waals surface area contributed by atoms with Crippen LogP contribution in [-0.2, 0) is 14.3 Å². The van der Waals surface area contributed by atoms with Gasteiger partial charge in [-0.3, -0.25) is 9.69 Å². The van der Waals surface area contributed by atoms with Crippen LogP contribution in [0.1, 0.15) is 89.3 Å². The number of likely N-dealkylation sites (N-methyl/N-ethyl adjacent to an activating group) is 1. The number of ether oxygens (including phenoxy) is 1. The van der Waals surface area contributed by atoms with Gasteiger partial charge in [0.2, 0.25) is 5.91 Å². The summed E-state index contributed by atoms with van der Waals surface area (Å²) in [7, 11) is 1.85. The SMILES string of the molecule is CC(C)(C)OC(=O)N1CCCCC1C=O.Cc1ccccc1C(C(=O)NC1CCCCC1)N(C)c1cccc(F)c1. The first-order valence-corrected chi connectivity index (χ1v) is 14.8. The molecule has 41 heavy (non-hydrogen) atoms. The summed E-state index contributed by atoms with van der Waals surface area (Å²) in [5.41, 5.74) is 2.20. The Morgan fingerprint density at radius 1 is 1.02 bits per heavy atom. The van der Waals surface area contributed by atoms with E-state index in [4.69, 9.17) is 4.74 Å². The molecule has 2 fully saturated rings. The lowest BCUT2D eigenvalue weighted by Crippen LogP contribution is -2.46. The molecule has 224 valence electrons. The van der Waals surface area contributed by atoms with Crippen LogP contribution in [0, 0.1) is 12.7 Å². The van der Waals surface area contributed by atoms with E-state index in [9.17, 15) is 18.8 Å². The lowest BCUT2D eigenvalue weighted by Gasteiger charge is -2.33. The van der Waals surface area contributed by atoms with Gasteiger partial charge in [-0.1, -0.05) is 49.6 Å². The minimum absolute atomic E-state index is 0.0158. The molecule has 2 aromatic rings. The van der Waals surface area contributed by atoms with Crippen molar-refractivity contribution in [3.63, 3.8) is 0 Å². The summed E-state index contributed by atoms with van der Waals surface area (Å²) in [5.74, 6) is -0.316. The second-order valence-electron chi connectivity index (χ2n) is 12.1.